The van der Waals surface area contributed by atoms with Crippen LogP contribution in [0.3, 0.4) is 0 Å². The van der Waals surface area contributed by atoms with Crippen molar-refractivity contribution >= 4 is 16.9 Å². The van der Waals surface area contributed by atoms with Gasteiger partial charge >= 0.3 is 0 Å². The van der Waals surface area contributed by atoms with Crippen LogP contribution in [-0.2, 0) is 5.41 Å². The Morgan fingerprint density at radius 1 is 0.935 bits per heavy atom. The van der Waals surface area contributed by atoms with Crippen molar-refractivity contribution in [1.29, 1.82) is 0 Å². The van der Waals surface area contributed by atoms with Crippen molar-refractivity contribution in [2.45, 2.75) is 37.5 Å². The zero-order valence-electron chi connectivity index (χ0n) is 18.3. The lowest BCUT2D eigenvalue weighted by Gasteiger charge is -2.38. The predicted molar refractivity (Wildman–Crippen MR) is 119 cm³/mol. The molecule has 6 nitrogen and oxygen atoms in total. The molecule has 1 aliphatic rings. The molecular weight excluding hydrogens is 394 g/mol. The number of carbonyl (C=O) groups excluding carboxylic acids is 1. The molecule has 0 unspecified atom stereocenters. The zero-order chi connectivity index (χ0) is 21.8. The maximum Gasteiger partial charge on any atom is 0.287 e. The maximum absolute atomic E-state index is 12.9. The Labute approximate surface area is 182 Å². The van der Waals surface area contributed by atoms with Crippen molar-refractivity contribution < 1.29 is 23.4 Å². The van der Waals surface area contributed by atoms with Crippen molar-refractivity contribution in [2.75, 3.05) is 27.9 Å². The van der Waals surface area contributed by atoms with Gasteiger partial charge in [-0.05, 0) is 54.8 Å². The number of hydrogen-bond donors (Lipinski definition) is 1. The van der Waals surface area contributed by atoms with Crippen LogP contribution in [0.1, 0.15) is 48.2 Å². The standard InChI is InChI=1S/C25H29NO5/c1-28-19-8-10-20-17(13-19)14-23(31-20)24(27)26-16-25(11-5-4-6-12-25)18-7-9-21(29-2)22(15-18)30-3/h7-10,13-15H,4-6,11-12,16H2,1-3H3,(H,26,27). The molecule has 1 heterocycles. The van der Waals surface area contributed by atoms with Crippen molar-refractivity contribution in [1.82, 2.24) is 5.32 Å². The summed E-state index contributed by atoms with van der Waals surface area (Å²) in [5.74, 6) is 2.25. The number of methoxy groups -OCH3 is 3. The Balaban J connectivity index is 1.56. The molecule has 1 N–H and O–H groups in total. The van der Waals surface area contributed by atoms with Crippen LogP contribution in [0, 0.1) is 0 Å². The Morgan fingerprint density at radius 2 is 1.71 bits per heavy atom. The quantitative estimate of drug-likeness (QED) is 0.573. The molecule has 1 aliphatic carbocycles. The number of amides is 1. The first-order chi connectivity index (χ1) is 15.1. The van der Waals surface area contributed by atoms with E-state index in [2.05, 4.69) is 11.4 Å². The van der Waals surface area contributed by atoms with Gasteiger partial charge in [-0.25, -0.2) is 0 Å². The molecule has 0 spiro atoms. The smallest absolute Gasteiger partial charge is 0.287 e. The van der Waals surface area contributed by atoms with E-state index < -0.39 is 0 Å². The molecule has 31 heavy (non-hydrogen) atoms. The molecular formula is C25H29NO5. The lowest BCUT2D eigenvalue weighted by molar-refractivity contribution is 0.0911. The summed E-state index contributed by atoms with van der Waals surface area (Å²) >= 11 is 0. The van der Waals surface area contributed by atoms with Crippen LogP contribution >= 0.6 is 0 Å². The molecule has 0 atom stereocenters. The van der Waals surface area contributed by atoms with Crippen LogP contribution in [0.2, 0.25) is 0 Å². The minimum absolute atomic E-state index is 0.136. The van der Waals surface area contributed by atoms with Crippen molar-refractivity contribution in [3.63, 3.8) is 0 Å². The highest BCUT2D eigenvalue weighted by Gasteiger charge is 2.35. The summed E-state index contributed by atoms with van der Waals surface area (Å²) in [7, 11) is 4.90. The van der Waals surface area contributed by atoms with Gasteiger partial charge in [-0.2, -0.15) is 0 Å². The summed E-state index contributed by atoms with van der Waals surface area (Å²) in [6.07, 6.45) is 5.51. The van der Waals surface area contributed by atoms with Crippen LogP contribution in [0.15, 0.2) is 46.9 Å². The van der Waals surface area contributed by atoms with E-state index >= 15 is 0 Å². The van der Waals surface area contributed by atoms with Gasteiger partial charge in [0.15, 0.2) is 17.3 Å². The Morgan fingerprint density at radius 3 is 2.42 bits per heavy atom. The summed E-state index contributed by atoms with van der Waals surface area (Å²) in [6.45, 7) is 0.543. The largest absolute Gasteiger partial charge is 0.497 e. The first kappa shape index (κ1) is 21.1. The predicted octanol–water partition coefficient (Wildman–Crippen LogP) is 5.09. The highest BCUT2D eigenvalue weighted by Crippen LogP contribution is 2.42. The van der Waals surface area contributed by atoms with E-state index in [1.54, 1.807) is 27.4 Å². The molecule has 2 aromatic carbocycles. The topological polar surface area (TPSA) is 69.9 Å². The molecule has 1 amide bonds. The number of rotatable bonds is 7. The fourth-order valence-electron chi connectivity index (χ4n) is 4.56. The Kier molecular flexibility index (Phi) is 6.07. The molecule has 0 bridgehead atoms. The zero-order valence-corrected chi connectivity index (χ0v) is 18.3. The highest BCUT2D eigenvalue weighted by atomic mass is 16.5. The Bertz CT molecular complexity index is 1060. The third-order valence-electron chi connectivity index (χ3n) is 6.34. The summed E-state index contributed by atoms with van der Waals surface area (Å²) in [5, 5.41) is 3.97. The summed E-state index contributed by atoms with van der Waals surface area (Å²) < 4.78 is 21.9. The van der Waals surface area contributed by atoms with Crippen molar-refractivity contribution in [3.8, 4) is 17.2 Å². The van der Waals surface area contributed by atoms with Crippen LogP contribution in [0.25, 0.3) is 11.0 Å². The van der Waals surface area contributed by atoms with Gasteiger partial charge in [-0.1, -0.05) is 25.3 Å². The number of fused-ring (bicyclic) bond motifs is 1. The van der Waals surface area contributed by atoms with E-state index in [1.807, 2.05) is 30.3 Å². The number of carbonyl (C=O) groups is 1. The van der Waals surface area contributed by atoms with Gasteiger partial charge in [-0.3, -0.25) is 4.79 Å². The first-order valence-electron chi connectivity index (χ1n) is 10.7. The van der Waals surface area contributed by atoms with E-state index in [4.69, 9.17) is 18.6 Å². The molecule has 0 radical (unpaired) electrons. The van der Waals surface area contributed by atoms with Crippen LogP contribution in [-0.4, -0.2) is 33.8 Å². The van der Waals surface area contributed by atoms with Gasteiger partial charge in [0.25, 0.3) is 5.91 Å². The highest BCUT2D eigenvalue weighted by molar-refractivity contribution is 5.96. The lowest BCUT2D eigenvalue weighted by atomic mass is 9.69. The van der Waals surface area contributed by atoms with E-state index in [0.717, 1.165) is 36.8 Å². The fourth-order valence-corrected chi connectivity index (χ4v) is 4.56. The molecule has 1 saturated carbocycles. The number of hydrogen-bond acceptors (Lipinski definition) is 5. The SMILES string of the molecule is COc1ccc2oc(C(=O)NCC3(c4ccc(OC)c(OC)c4)CCCCC3)cc2c1. The van der Waals surface area contributed by atoms with Gasteiger partial charge in [0, 0.05) is 17.3 Å². The second-order valence-corrected chi connectivity index (χ2v) is 8.11. The first-order valence-corrected chi connectivity index (χ1v) is 10.7. The maximum atomic E-state index is 12.9. The second-order valence-electron chi connectivity index (χ2n) is 8.11. The number of benzene rings is 2. The van der Waals surface area contributed by atoms with E-state index in [1.165, 1.54) is 12.0 Å². The van der Waals surface area contributed by atoms with Crippen LogP contribution in [0.4, 0.5) is 0 Å². The van der Waals surface area contributed by atoms with E-state index in [-0.39, 0.29) is 11.3 Å². The van der Waals surface area contributed by atoms with Crippen LogP contribution in [0.5, 0.6) is 17.2 Å². The van der Waals surface area contributed by atoms with Crippen molar-refractivity contribution in [2.24, 2.45) is 0 Å². The minimum atomic E-state index is -0.208. The van der Waals surface area contributed by atoms with Crippen LogP contribution < -0.4 is 19.5 Å². The van der Waals surface area contributed by atoms with E-state index in [9.17, 15) is 4.79 Å². The van der Waals surface area contributed by atoms with Gasteiger partial charge in [0.2, 0.25) is 0 Å². The monoisotopic (exact) mass is 423 g/mol. The summed E-state index contributed by atoms with van der Waals surface area (Å²) in [5.41, 5.74) is 1.70. The minimum Gasteiger partial charge on any atom is -0.497 e. The number of ether oxygens (including phenoxy) is 3. The van der Waals surface area contributed by atoms with Gasteiger partial charge < -0.3 is 23.9 Å². The summed E-state index contributed by atoms with van der Waals surface area (Å²) in [4.78, 5) is 12.9. The molecule has 6 heteroatoms. The molecule has 0 saturated heterocycles. The second kappa shape index (κ2) is 8.92. The Hall–Kier alpha value is -3.15. The molecule has 1 aromatic heterocycles. The van der Waals surface area contributed by atoms with Gasteiger partial charge in [-0.15, -0.1) is 0 Å². The fraction of sp³-hybridized carbons (Fsp3) is 0.400. The third-order valence-corrected chi connectivity index (χ3v) is 6.34. The molecule has 164 valence electrons. The molecule has 0 aliphatic heterocycles. The number of furan rings is 1. The normalized spacial score (nSPS) is 15.5. The molecule has 3 aromatic rings. The lowest BCUT2D eigenvalue weighted by Crippen LogP contribution is -2.42. The van der Waals surface area contributed by atoms with Gasteiger partial charge in [0.05, 0.1) is 21.3 Å². The molecule has 4 rings (SSSR count). The van der Waals surface area contributed by atoms with Crippen molar-refractivity contribution in [3.05, 3.63) is 53.8 Å². The van der Waals surface area contributed by atoms with Gasteiger partial charge in [0.1, 0.15) is 11.3 Å². The average Bonchev–Trinajstić information content (AvgIpc) is 3.26. The molecule has 1 fully saturated rings. The van der Waals surface area contributed by atoms with E-state index in [0.29, 0.717) is 29.4 Å². The average molecular weight is 424 g/mol. The number of nitrogens with one attached hydrogen (secondary N) is 1. The third kappa shape index (κ3) is 4.20. The summed E-state index contributed by atoms with van der Waals surface area (Å²) in [6, 6.07) is 13.3.